The van der Waals surface area contributed by atoms with Crippen molar-refractivity contribution in [1.82, 2.24) is 0 Å². The van der Waals surface area contributed by atoms with Crippen molar-refractivity contribution in [3.63, 3.8) is 0 Å². The molecule has 0 aromatic heterocycles. The molecule has 0 unspecified atom stereocenters. The summed E-state index contributed by atoms with van der Waals surface area (Å²) in [5, 5.41) is 34.5. The largest absolute Gasteiger partial charge is 0.510 e. The summed E-state index contributed by atoms with van der Waals surface area (Å²) in [7, 11) is -4.03. The number of phenolic OH excluding ortho intramolecular Hbond substituents is 1. The van der Waals surface area contributed by atoms with Gasteiger partial charge >= 0.3 is 0 Å². The Morgan fingerprint density at radius 1 is 1.22 bits per heavy atom. The lowest BCUT2D eigenvalue weighted by molar-refractivity contribution is -0.113. The van der Waals surface area contributed by atoms with Gasteiger partial charge in [-0.05, 0) is 37.3 Å². The lowest BCUT2D eigenvalue weighted by Gasteiger charge is -2.07. The van der Waals surface area contributed by atoms with Crippen LogP contribution in [0.3, 0.4) is 0 Å². The van der Waals surface area contributed by atoms with E-state index in [1.54, 1.807) is 24.3 Å². The molecule has 27 heavy (non-hydrogen) atoms. The number of hydrogen-bond donors (Lipinski definition) is 4. The number of amides is 1. The molecule has 1 amide bonds. The van der Waals surface area contributed by atoms with Crippen LogP contribution < -0.4 is 10.5 Å². The lowest BCUT2D eigenvalue weighted by Crippen LogP contribution is -2.14. The molecule has 11 heteroatoms. The van der Waals surface area contributed by atoms with Crippen molar-refractivity contribution in [2.45, 2.75) is 11.8 Å². The van der Waals surface area contributed by atoms with Crippen molar-refractivity contribution >= 4 is 38.9 Å². The highest BCUT2D eigenvalue weighted by molar-refractivity contribution is 7.89. The summed E-state index contributed by atoms with van der Waals surface area (Å²) in [5.74, 6) is -1.66. The van der Waals surface area contributed by atoms with Crippen molar-refractivity contribution in [3.05, 3.63) is 58.9 Å². The maximum absolute atomic E-state index is 12.3. The molecule has 0 spiro atoms. The number of para-hydroxylation sites is 1. The average Bonchev–Trinajstić information content (AvgIpc) is 2.57. The van der Waals surface area contributed by atoms with Crippen LogP contribution in [0, 0.1) is 0 Å². The molecule has 0 radical (unpaired) electrons. The van der Waals surface area contributed by atoms with E-state index in [0.29, 0.717) is 0 Å². The van der Waals surface area contributed by atoms with E-state index < -0.39 is 33.1 Å². The first-order valence-corrected chi connectivity index (χ1v) is 9.25. The van der Waals surface area contributed by atoms with Crippen LogP contribution in [0.1, 0.15) is 6.92 Å². The molecule has 2 rings (SSSR count). The maximum Gasteiger partial charge on any atom is 0.279 e. The van der Waals surface area contributed by atoms with Gasteiger partial charge < -0.3 is 15.5 Å². The Bertz CT molecular complexity index is 1050. The number of nitrogens with two attached hydrogens (primary N) is 1. The van der Waals surface area contributed by atoms with E-state index in [0.717, 1.165) is 18.2 Å². The van der Waals surface area contributed by atoms with Gasteiger partial charge in [-0.25, -0.2) is 13.6 Å². The Labute approximate surface area is 159 Å². The third kappa shape index (κ3) is 5.26. The van der Waals surface area contributed by atoms with Gasteiger partial charge in [-0.1, -0.05) is 23.7 Å². The number of primary sulfonamides is 1. The SMILES string of the molecule is CC(O)=C(N=Nc1cc(S(N)(=O)=O)ccc1O)C(=O)Nc1ccccc1Cl. The number of nitrogens with zero attached hydrogens (tertiary/aromatic N) is 2. The number of allylic oxidation sites excluding steroid dienone is 1. The summed E-state index contributed by atoms with van der Waals surface area (Å²) >= 11 is 5.96. The molecule has 2 aromatic rings. The zero-order valence-corrected chi connectivity index (χ0v) is 15.5. The second kappa shape index (κ2) is 8.16. The molecule has 0 aliphatic rings. The maximum atomic E-state index is 12.3. The van der Waals surface area contributed by atoms with E-state index in [1.165, 1.54) is 6.92 Å². The van der Waals surface area contributed by atoms with E-state index in [9.17, 15) is 23.4 Å². The minimum Gasteiger partial charge on any atom is -0.510 e. The summed E-state index contributed by atoms with van der Waals surface area (Å²) in [6.45, 7) is 1.21. The molecule has 0 saturated heterocycles. The number of benzene rings is 2. The smallest absolute Gasteiger partial charge is 0.279 e. The summed E-state index contributed by atoms with van der Waals surface area (Å²) in [5.41, 5.74) is -0.432. The Hall–Kier alpha value is -2.95. The molecule has 0 saturated carbocycles. The number of aromatic hydroxyl groups is 1. The van der Waals surface area contributed by atoms with E-state index in [4.69, 9.17) is 16.7 Å². The molecule has 2 aromatic carbocycles. The van der Waals surface area contributed by atoms with Gasteiger partial charge in [-0.15, -0.1) is 10.2 Å². The molecule has 0 bridgehead atoms. The van der Waals surface area contributed by atoms with Gasteiger partial charge in [-0.2, -0.15) is 0 Å². The molecule has 0 fully saturated rings. The van der Waals surface area contributed by atoms with Gasteiger partial charge in [0.1, 0.15) is 17.2 Å². The normalized spacial score (nSPS) is 12.7. The van der Waals surface area contributed by atoms with Crippen LogP contribution in [0.25, 0.3) is 0 Å². The minimum absolute atomic E-state index is 0.259. The summed E-state index contributed by atoms with van der Waals surface area (Å²) in [6, 6.07) is 9.55. The van der Waals surface area contributed by atoms with Crippen molar-refractivity contribution in [2.75, 3.05) is 5.32 Å². The molecular weight excluding hydrogens is 396 g/mol. The van der Waals surface area contributed by atoms with E-state index in [2.05, 4.69) is 15.5 Å². The number of nitrogens with one attached hydrogen (secondary N) is 1. The Morgan fingerprint density at radius 2 is 1.89 bits per heavy atom. The third-order valence-corrected chi connectivity index (χ3v) is 4.45. The zero-order chi connectivity index (χ0) is 20.2. The van der Waals surface area contributed by atoms with E-state index >= 15 is 0 Å². The predicted molar refractivity (Wildman–Crippen MR) is 99.4 cm³/mol. The Balaban J connectivity index is 2.33. The van der Waals surface area contributed by atoms with Crippen molar-refractivity contribution in [1.29, 1.82) is 0 Å². The van der Waals surface area contributed by atoms with Crippen LogP contribution in [-0.4, -0.2) is 24.5 Å². The quantitative estimate of drug-likeness (QED) is 0.338. The molecule has 9 nitrogen and oxygen atoms in total. The fourth-order valence-electron chi connectivity index (χ4n) is 1.89. The monoisotopic (exact) mass is 410 g/mol. The van der Waals surface area contributed by atoms with Gasteiger partial charge in [0.25, 0.3) is 5.91 Å². The predicted octanol–water partition coefficient (Wildman–Crippen LogP) is 3.20. The average molecular weight is 411 g/mol. The van der Waals surface area contributed by atoms with Crippen molar-refractivity contribution in [2.24, 2.45) is 15.4 Å². The van der Waals surface area contributed by atoms with Crippen LogP contribution in [0.4, 0.5) is 11.4 Å². The standard InChI is InChI=1S/C16H15ClN4O5S/c1-9(22)15(16(24)19-12-5-3-2-4-11(12)17)21-20-13-8-10(27(18,25)26)6-7-14(13)23/h2-8,22-23H,1H3,(H,19,24)(H2,18,25,26). The first-order valence-electron chi connectivity index (χ1n) is 7.33. The number of carbonyl (C=O) groups is 1. The number of rotatable bonds is 5. The van der Waals surface area contributed by atoms with Crippen LogP contribution in [0.15, 0.2) is 69.0 Å². The first kappa shape index (κ1) is 20.4. The second-order valence-corrected chi connectivity index (χ2v) is 7.23. The fourth-order valence-corrected chi connectivity index (χ4v) is 2.61. The Morgan fingerprint density at radius 3 is 2.48 bits per heavy atom. The highest BCUT2D eigenvalue weighted by Gasteiger charge is 2.16. The minimum atomic E-state index is -4.03. The number of azo groups is 1. The summed E-state index contributed by atoms with van der Waals surface area (Å²) in [6.07, 6.45) is 0. The molecule has 142 valence electrons. The van der Waals surface area contributed by atoms with E-state index in [-0.39, 0.29) is 21.3 Å². The number of aliphatic hydroxyl groups excluding tert-OH is 1. The Kier molecular flexibility index (Phi) is 6.16. The number of aliphatic hydroxyl groups is 1. The fraction of sp³-hybridized carbons (Fsp3) is 0.0625. The van der Waals surface area contributed by atoms with Gasteiger partial charge in [0.05, 0.1) is 15.6 Å². The highest BCUT2D eigenvalue weighted by atomic mass is 35.5. The first-order chi connectivity index (χ1) is 12.6. The van der Waals surface area contributed by atoms with Crippen LogP contribution >= 0.6 is 11.6 Å². The van der Waals surface area contributed by atoms with Gasteiger partial charge in [-0.3, -0.25) is 4.79 Å². The summed E-state index contributed by atoms with van der Waals surface area (Å²) < 4.78 is 22.8. The van der Waals surface area contributed by atoms with Gasteiger partial charge in [0, 0.05) is 0 Å². The number of sulfonamides is 1. The molecule has 0 heterocycles. The molecule has 0 atom stereocenters. The second-order valence-electron chi connectivity index (χ2n) is 5.26. The number of carbonyl (C=O) groups excluding carboxylic acids is 1. The molecule has 0 aliphatic heterocycles. The molecule has 5 N–H and O–H groups in total. The topological polar surface area (TPSA) is 154 Å². The zero-order valence-electron chi connectivity index (χ0n) is 13.9. The lowest BCUT2D eigenvalue weighted by atomic mass is 10.3. The molecule has 0 aliphatic carbocycles. The molecular formula is C16H15ClN4O5S. The van der Waals surface area contributed by atoms with Gasteiger partial charge in [0.15, 0.2) is 5.70 Å². The number of phenols is 1. The van der Waals surface area contributed by atoms with Crippen molar-refractivity contribution < 1.29 is 23.4 Å². The number of hydrogen-bond acceptors (Lipinski definition) is 7. The van der Waals surface area contributed by atoms with Crippen LogP contribution in [0.2, 0.25) is 5.02 Å². The van der Waals surface area contributed by atoms with Crippen molar-refractivity contribution in [3.8, 4) is 5.75 Å². The van der Waals surface area contributed by atoms with Crippen LogP contribution in [0.5, 0.6) is 5.75 Å². The number of halogens is 1. The summed E-state index contributed by atoms with van der Waals surface area (Å²) in [4.78, 5) is 12.0. The number of anilines is 1. The van der Waals surface area contributed by atoms with Gasteiger partial charge in [0.2, 0.25) is 10.0 Å². The van der Waals surface area contributed by atoms with E-state index in [1.807, 2.05) is 0 Å². The van der Waals surface area contributed by atoms with Crippen LogP contribution in [-0.2, 0) is 14.8 Å². The third-order valence-electron chi connectivity index (χ3n) is 3.21. The highest BCUT2D eigenvalue weighted by Crippen LogP contribution is 2.30.